The molecule has 0 amide bonds. The Balaban J connectivity index is 3.23. The van der Waals surface area contributed by atoms with Crippen molar-refractivity contribution in [3.05, 3.63) is 41.2 Å². The third-order valence-electron chi connectivity index (χ3n) is 2.10. The van der Waals surface area contributed by atoms with Crippen LogP contribution in [-0.2, 0) is 0 Å². The number of rotatable bonds is 3. The van der Waals surface area contributed by atoms with Crippen molar-refractivity contribution < 1.29 is 35.5 Å². The smallest absolute Gasteiger partial charge is 0.406 e. The first-order chi connectivity index (χ1) is 9.03. The summed E-state index contributed by atoms with van der Waals surface area (Å²) in [5, 5.41) is -0.400. The van der Waals surface area contributed by atoms with Crippen LogP contribution in [0.2, 0.25) is 5.02 Å². The van der Waals surface area contributed by atoms with E-state index < -0.39 is 34.8 Å². The summed E-state index contributed by atoms with van der Waals surface area (Å²) in [6.07, 6.45) is -10.2. The maximum Gasteiger partial charge on any atom is 0.573 e. The minimum atomic E-state index is -5.08. The van der Waals surface area contributed by atoms with E-state index in [9.17, 15) is 30.7 Å². The summed E-state index contributed by atoms with van der Waals surface area (Å²) in [5.41, 5.74) is -0.668. The highest BCUT2D eigenvalue weighted by atomic mass is 35.5. The Morgan fingerprint density at radius 1 is 1.05 bits per heavy atom. The summed E-state index contributed by atoms with van der Waals surface area (Å²) < 4.78 is 89.6. The molecule has 0 bridgehead atoms. The Hall–Kier alpha value is -1.44. The van der Waals surface area contributed by atoms with Gasteiger partial charge in [-0.15, -0.1) is 13.2 Å². The van der Waals surface area contributed by atoms with Gasteiger partial charge in [0.05, 0.1) is 6.33 Å². The molecule has 0 saturated carbocycles. The number of allylic oxidation sites excluding steroid dienone is 1. The third kappa shape index (κ3) is 4.92. The highest BCUT2D eigenvalue weighted by Crippen LogP contribution is 2.39. The van der Waals surface area contributed by atoms with Gasteiger partial charge < -0.3 is 4.74 Å². The molecule has 0 spiro atoms. The Morgan fingerprint density at radius 3 is 2.10 bits per heavy atom. The molecule has 0 saturated heterocycles. The van der Waals surface area contributed by atoms with Crippen LogP contribution in [0.15, 0.2) is 30.6 Å². The number of hydrogen-bond acceptors (Lipinski definition) is 1. The average molecular weight is 323 g/mol. The van der Waals surface area contributed by atoms with E-state index in [0.29, 0.717) is 12.1 Å². The van der Waals surface area contributed by atoms with Gasteiger partial charge in [0.25, 0.3) is 0 Å². The van der Waals surface area contributed by atoms with E-state index in [1.54, 1.807) is 0 Å². The Morgan fingerprint density at radius 2 is 1.65 bits per heavy atom. The molecular weight excluding hydrogens is 317 g/mol. The predicted octanol–water partition coefficient (Wildman–Crippen LogP) is 5.37. The molecule has 0 aliphatic carbocycles. The zero-order chi connectivity index (χ0) is 15.6. The van der Waals surface area contributed by atoms with E-state index in [-0.39, 0.29) is 12.4 Å². The van der Waals surface area contributed by atoms with Gasteiger partial charge in [0.15, 0.2) is 0 Å². The van der Waals surface area contributed by atoms with Gasteiger partial charge in [-0.1, -0.05) is 11.6 Å². The van der Waals surface area contributed by atoms with Crippen LogP contribution in [0.5, 0.6) is 5.75 Å². The second kappa shape index (κ2) is 5.90. The van der Waals surface area contributed by atoms with Crippen molar-refractivity contribution in [1.29, 1.82) is 0 Å². The molecule has 0 aliphatic rings. The molecular formula is C11H6ClF7O. The van der Waals surface area contributed by atoms with E-state index in [1.165, 1.54) is 0 Å². The van der Waals surface area contributed by atoms with Crippen molar-refractivity contribution in [2.45, 2.75) is 18.5 Å². The molecule has 1 unspecified atom stereocenters. The first kappa shape index (κ1) is 16.6. The van der Waals surface area contributed by atoms with Gasteiger partial charge in [-0.2, -0.15) is 13.2 Å². The second-order valence-electron chi connectivity index (χ2n) is 3.61. The average Bonchev–Trinajstić information content (AvgIpc) is 2.20. The van der Waals surface area contributed by atoms with Crippen LogP contribution >= 0.6 is 11.6 Å². The van der Waals surface area contributed by atoms with Crippen LogP contribution < -0.4 is 4.74 Å². The molecule has 1 nitrogen and oxygen atoms in total. The molecule has 0 N–H and O–H groups in total. The maximum atomic E-state index is 12.7. The van der Waals surface area contributed by atoms with Crippen LogP contribution in [0.4, 0.5) is 30.7 Å². The van der Waals surface area contributed by atoms with Gasteiger partial charge in [0, 0.05) is 5.02 Å². The first-order valence-corrected chi connectivity index (χ1v) is 5.30. The Bertz CT molecular complexity index is 493. The Kier molecular flexibility index (Phi) is 4.90. The molecule has 1 atom stereocenters. The topological polar surface area (TPSA) is 9.23 Å². The van der Waals surface area contributed by atoms with Gasteiger partial charge in [0.2, 0.25) is 0 Å². The highest BCUT2D eigenvalue weighted by molar-refractivity contribution is 6.30. The second-order valence-corrected chi connectivity index (χ2v) is 4.04. The standard InChI is InChI=1S/C11H6ClF7O/c12-7-3-6(9(1-2-13)10(14,15)16)4-8(5-7)20-11(17,18)19/h1-5,9H. The van der Waals surface area contributed by atoms with Crippen LogP contribution in [0.25, 0.3) is 0 Å². The Labute approximate surface area is 113 Å². The highest BCUT2D eigenvalue weighted by Gasteiger charge is 2.40. The summed E-state index contributed by atoms with van der Waals surface area (Å²) >= 11 is 5.44. The van der Waals surface area contributed by atoms with Crippen molar-refractivity contribution >= 4 is 11.6 Å². The molecule has 1 rings (SSSR count). The quantitative estimate of drug-likeness (QED) is 0.680. The predicted molar refractivity (Wildman–Crippen MR) is 57.2 cm³/mol. The fraction of sp³-hybridized carbons (Fsp3) is 0.273. The molecule has 112 valence electrons. The minimum Gasteiger partial charge on any atom is -0.406 e. The molecule has 0 heterocycles. The van der Waals surface area contributed by atoms with Crippen molar-refractivity contribution in [1.82, 2.24) is 0 Å². The normalized spacial score (nSPS) is 14.6. The summed E-state index contributed by atoms with van der Waals surface area (Å²) in [6.45, 7) is 0. The van der Waals surface area contributed by atoms with Crippen molar-refractivity contribution in [2.24, 2.45) is 0 Å². The number of alkyl halides is 6. The van der Waals surface area contributed by atoms with Crippen molar-refractivity contribution in [3.8, 4) is 5.75 Å². The summed E-state index contributed by atoms with van der Waals surface area (Å²) in [5.74, 6) is -3.34. The van der Waals surface area contributed by atoms with Crippen LogP contribution in [0.3, 0.4) is 0 Å². The lowest BCUT2D eigenvalue weighted by molar-refractivity contribution is -0.274. The lowest BCUT2D eigenvalue weighted by atomic mass is 9.98. The molecule has 1 aromatic rings. The van der Waals surface area contributed by atoms with E-state index in [4.69, 9.17) is 11.6 Å². The van der Waals surface area contributed by atoms with Gasteiger partial charge in [-0.3, -0.25) is 0 Å². The van der Waals surface area contributed by atoms with Crippen LogP contribution in [-0.4, -0.2) is 12.5 Å². The number of hydrogen-bond donors (Lipinski definition) is 0. The van der Waals surface area contributed by atoms with E-state index in [1.807, 2.05) is 0 Å². The molecule has 20 heavy (non-hydrogen) atoms. The van der Waals surface area contributed by atoms with Crippen molar-refractivity contribution in [3.63, 3.8) is 0 Å². The molecule has 0 radical (unpaired) electrons. The maximum absolute atomic E-state index is 12.7. The van der Waals surface area contributed by atoms with E-state index in [0.717, 1.165) is 6.07 Å². The SMILES string of the molecule is FC=CC(c1cc(Cl)cc(OC(F)(F)F)c1)C(F)(F)F. The monoisotopic (exact) mass is 322 g/mol. The molecule has 9 heteroatoms. The van der Waals surface area contributed by atoms with Crippen LogP contribution in [0, 0.1) is 0 Å². The summed E-state index contributed by atoms with van der Waals surface area (Å²) in [7, 11) is 0. The summed E-state index contributed by atoms with van der Waals surface area (Å²) in [4.78, 5) is 0. The summed E-state index contributed by atoms with van der Waals surface area (Å²) in [6, 6.07) is 1.98. The van der Waals surface area contributed by atoms with E-state index in [2.05, 4.69) is 4.74 Å². The van der Waals surface area contributed by atoms with E-state index >= 15 is 0 Å². The molecule has 0 fully saturated rings. The fourth-order valence-corrected chi connectivity index (χ4v) is 1.67. The van der Waals surface area contributed by atoms with Gasteiger partial charge in [-0.25, -0.2) is 4.39 Å². The lowest BCUT2D eigenvalue weighted by Crippen LogP contribution is -2.20. The number of benzene rings is 1. The number of ether oxygens (including phenoxy) is 1. The van der Waals surface area contributed by atoms with Gasteiger partial charge in [-0.05, 0) is 29.8 Å². The number of halogens is 8. The largest absolute Gasteiger partial charge is 0.573 e. The zero-order valence-corrected chi connectivity index (χ0v) is 10.2. The molecule has 0 aliphatic heterocycles. The third-order valence-corrected chi connectivity index (χ3v) is 2.32. The van der Waals surface area contributed by atoms with Gasteiger partial charge >= 0.3 is 12.5 Å². The zero-order valence-electron chi connectivity index (χ0n) is 9.40. The first-order valence-electron chi connectivity index (χ1n) is 4.93. The minimum absolute atomic E-state index is 0.156. The molecule has 1 aromatic carbocycles. The van der Waals surface area contributed by atoms with Crippen molar-refractivity contribution in [2.75, 3.05) is 0 Å². The molecule has 0 aromatic heterocycles. The lowest BCUT2D eigenvalue weighted by Gasteiger charge is -2.18. The van der Waals surface area contributed by atoms with Gasteiger partial charge in [0.1, 0.15) is 11.7 Å². The fourth-order valence-electron chi connectivity index (χ4n) is 1.44. The van der Waals surface area contributed by atoms with Crippen LogP contribution in [0.1, 0.15) is 11.5 Å².